The van der Waals surface area contributed by atoms with Gasteiger partial charge in [0.25, 0.3) is 6.43 Å². The molecule has 0 saturated heterocycles. The molecule has 2 N–H and O–H groups in total. The summed E-state index contributed by atoms with van der Waals surface area (Å²) < 4.78 is 51.6. The molecule has 84 valence electrons. The molecule has 0 saturated carbocycles. The quantitative estimate of drug-likeness (QED) is 0.839. The van der Waals surface area contributed by atoms with E-state index in [1.54, 1.807) is 0 Å². The number of hydrogen-bond donors (Lipinski definition) is 1. The Morgan fingerprint density at radius 1 is 1.53 bits per heavy atom. The zero-order valence-corrected chi connectivity index (χ0v) is 8.46. The molecular formula is C7H8F2N2O3S. The summed E-state index contributed by atoms with van der Waals surface area (Å²) in [5.74, 6) is -0.247. The zero-order valence-electron chi connectivity index (χ0n) is 7.65. The van der Waals surface area contributed by atoms with Crippen molar-refractivity contribution in [1.29, 1.82) is 0 Å². The monoisotopic (exact) mass is 238 g/mol. The summed E-state index contributed by atoms with van der Waals surface area (Å²) >= 11 is 0. The second kappa shape index (κ2) is 4.07. The average Bonchev–Trinajstić information content (AvgIpc) is 2.15. The van der Waals surface area contributed by atoms with Gasteiger partial charge in [-0.05, 0) is 6.07 Å². The first-order valence-corrected chi connectivity index (χ1v) is 5.26. The van der Waals surface area contributed by atoms with Gasteiger partial charge in [0, 0.05) is 6.20 Å². The van der Waals surface area contributed by atoms with Gasteiger partial charge in [0.1, 0.15) is 11.4 Å². The van der Waals surface area contributed by atoms with Crippen LogP contribution >= 0.6 is 0 Å². The second-order valence-corrected chi connectivity index (χ2v) is 4.07. The second-order valence-electron chi connectivity index (χ2n) is 2.57. The molecule has 1 heterocycles. The molecule has 8 heteroatoms. The molecular weight excluding hydrogens is 230 g/mol. The van der Waals surface area contributed by atoms with Crippen molar-refractivity contribution >= 4 is 10.0 Å². The van der Waals surface area contributed by atoms with Crippen LogP contribution in [0.2, 0.25) is 0 Å². The number of aromatic nitrogens is 1. The highest BCUT2D eigenvalue weighted by atomic mass is 32.2. The molecule has 0 fully saturated rings. The minimum Gasteiger partial charge on any atom is -0.495 e. The Labute approximate surface area is 84.9 Å². The molecule has 0 spiro atoms. The topological polar surface area (TPSA) is 82.3 Å². The van der Waals surface area contributed by atoms with Crippen LogP contribution in [0.4, 0.5) is 8.78 Å². The van der Waals surface area contributed by atoms with E-state index >= 15 is 0 Å². The molecule has 15 heavy (non-hydrogen) atoms. The summed E-state index contributed by atoms with van der Waals surface area (Å²) in [4.78, 5) is 2.49. The number of methoxy groups -OCH3 is 1. The lowest BCUT2D eigenvalue weighted by Gasteiger charge is -2.09. The predicted molar refractivity (Wildman–Crippen MR) is 47.1 cm³/mol. The first-order valence-electron chi connectivity index (χ1n) is 3.71. The maximum absolute atomic E-state index is 12.4. The lowest BCUT2D eigenvalue weighted by molar-refractivity contribution is 0.141. The van der Waals surface area contributed by atoms with Crippen LogP contribution in [0.3, 0.4) is 0 Å². The summed E-state index contributed by atoms with van der Waals surface area (Å²) in [5, 5.41) is 4.79. The van der Waals surface area contributed by atoms with E-state index < -0.39 is 27.0 Å². The number of alkyl halides is 2. The Hall–Kier alpha value is -1.28. The van der Waals surface area contributed by atoms with Gasteiger partial charge in [0.2, 0.25) is 10.0 Å². The van der Waals surface area contributed by atoms with Crippen molar-refractivity contribution in [2.45, 2.75) is 11.3 Å². The van der Waals surface area contributed by atoms with Crippen molar-refractivity contribution in [3.63, 3.8) is 0 Å². The van der Waals surface area contributed by atoms with Gasteiger partial charge in [-0.2, -0.15) is 0 Å². The van der Waals surface area contributed by atoms with Crippen LogP contribution in [0.25, 0.3) is 0 Å². The van der Waals surface area contributed by atoms with Gasteiger partial charge in [0.15, 0.2) is 4.90 Å². The molecule has 0 aromatic carbocycles. The van der Waals surface area contributed by atoms with E-state index in [1.807, 2.05) is 0 Å². The number of nitrogens with zero attached hydrogens (tertiary/aromatic N) is 1. The highest BCUT2D eigenvalue weighted by molar-refractivity contribution is 7.89. The Morgan fingerprint density at radius 3 is 2.53 bits per heavy atom. The van der Waals surface area contributed by atoms with Crippen molar-refractivity contribution in [3.8, 4) is 5.75 Å². The van der Waals surface area contributed by atoms with Crippen molar-refractivity contribution in [1.82, 2.24) is 4.98 Å². The van der Waals surface area contributed by atoms with Gasteiger partial charge in [0.05, 0.1) is 7.11 Å². The highest BCUT2D eigenvalue weighted by Gasteiger charge is 2.26. The molecule has 0 aliphatic carbocycles. The molecule has 0 atom stereocenters. The molecule has 1 aromatic rings. The van der Waals surface area contributed by atoms with Gasteiger partial charge in [-0.1, -0.05) is 0 Å². The van der Waals surface area contributed by atoms with E-state index in [1.165, 1.54) is 0 Å². The number of sulfonamides is 1. The Balaban J connectivity index is 3.55. The smallest absolute Gasteiger partial charge is 0.281 e. The van der Waals surface area contributed by atoms with Gasteiger partial charge < -0.3 is 4.74 Å². The Morgan fingerprint density at radius 2 is 2.13 bits per heavy atom. The SMILES string of the molecule is COc1ccnc(C(F)F)c1S(N)(=O)=O. The van der Waals surface area contributed by atoms with Crippen LogP contribution in [0.1, 0.15) is 12.1 Å². The van der Waals surface area contributed by atoms with Crippen LogP contribution in [0.5, 0.6) is 5.75 Å². The molecule has 5 nitrogen and oxygen atoms in total. The van der Waals surface area contributed by atoms with Crippen LogP contribution in [-0.2, 0) is 10.0 Å². The van der Waals surface area contributed by atoms with Crippen molar-refractivity contribution in [3.05, 3.63) is 18.0 Å². The minimum atomic E-state index is -4.29. The molecule has 0 radical (unpaired) electrons. The molecule has 0 amide bonds. The van der Waals surface area contributed by atoms with E-state index in [0.717, 1.165) is 19.4 Å². The molecule has 0 aliphatic rings. The largest absolute Gasteiger partial charge is 0.495 e. The summed E-state index contributed by atoms with van der Waals surface area (Å²) in [6.45, 7) is 0. The van der Waals surface area contributed by atoms with Crippen LogP contribution in [0.15, 0.2) is 17.2 Å². The van der Waals surface area contributed by atoms with Crippen LogP contribution < -0.4 is 9.88 Å². The molecule has 0 unspecified atom stereocenters. The first kappa shape index (κ1) is 11.8. The van der Waals surface area contributed by atoms with E-state index in [4.69, 9.17) is 5.14 Å². The third kappa shape index (κ3) is 2.39. The Bertz CT molecular complexity index is 461. The van der Waals surface area contributed by atoms with Crippen molar-refractivity contribution in [2.24, 2.45) is 5.14 Å². The minimum absolute atomic E-state index is 0.247. The lowest BCUT2D eigenvalue weighted by atomic mass is 10.3. The molecule has 1 rings (SSSR count). The fraction of sp³-hybridized carbons (Fsp3) is 0.286. The Kier molecular flexibility index (Phi) is 3.20. The van der Waals surface area contributed by atoms with Gasteiger partial charge in [-0.15, -0.1) is 0 Å². The van der Waals surface area contributed by atoms with E-state index in [2.05, 4.69) is 9.72 Å². The number of hydrogen-bond acceptors (Lipinski definition) is 4. The fourth-order valence-electron chi connectivity index (χ4n) is 1.05. The fourth-order valence-corrected chi connectivity index (χ4v) is 1.91. The third-order valence-corrected chi connectivity index (χ3v) is 2.59. The standard InChI is InChI=1S/C7H8F2N2O3S/c1-14-4-2-3-11-5(7(8)9)6(4)15(10,12)13/h2-3,7H,1H3,(H2,10,12,13). The van der Waals surface area contributed by atoms with Crippen molar-refractivity contribution < 1.29 is 21.9 Å². The van der Waals surface area contributed by atoms with Gasteiger partial charge in [-0.25, -0.2) is 22.3 Å². The number of halogens is 2. The maximum Gasteiger partial charge on any atom is 0.281 e. The average molecular weight is 238 g/mol. The summed E-state index contributed by atoms with van der Waals surface area (Å²) in [5.41, 5.74) is -0.906. The van der Waals surface area contributed by atoms with Crippen LogP contribution in [0, 0.1) is 0 Å². The van der Waals surface area contributed by atoms with E-state index in [0.29, 0.717) is 0 Å². The number of pyridine rings is 1. The lowest BCUT2D eigenvalue weighted by Crippen LogP contribution is -2.17. The number of ether oxygens (including phenoxy) is 1. The number of nitrogens with two attached hydrogens (primary N) is 1. The van der Waals surface area contributed by atoms with Gasteiger partial charge in [-0.3, -0.25) is 4.98 Å². The predicted octanol–water partition coefficient (Wildman–Crippen LogP) is 0.675. The van der Waals surface area contributed by atoms with Crippen LogP contribution in [-0.4, -0.2) is 20.5 Å². The molecule has 0 aliphatic heterocycles. The van der Waals surface area contributed by atoms with E-state index in [9.17, 15) is 17.2 Å². The number of primary sulfonamides is 1. The third-order valence-electron chi connectivity index (χ3n) is 1.61. The molecule has 0 bridgehead atoms. The molecule has 1 aromatic heterocycles. The highest BCUT2D eigenvalue weighted by Crippen LogP contribution is 2.30. The van der Waals surface area contributed by atoms with Gasteiger partial charge >= 0.3 is 0 Å². The van der Waals surface area contributed by atoms with Crippen molar-refractivity contribution in [2.75, 3.05) is 7.11 Å². The first-order chi connectivity index (χ1) is 6.88. The maximum atomic E-state index is 12.4. The van der Waals surface area contributed by atoms with E-state index in [-0.39, 0.29) is 5.75 Å². The summed E-state index contributed by atoms with van der Waals surface area (Å²) in [6, 6.07) is 1.14. The zero-order chi connectivity index (χ0) is 11.6. The summed E-state index contributed by atoms with van der Waals surface area (Å²) in [7, 11) is -3.14. The number of rotatable bonds is 3. The normalized spacial score (nSPS) is 11.8. The summed E-state index contributed by atoms with van der Waals surface area (Å²) in [6.07, 6.45) is -2.01.